The van der Waals surface area contributed by atoms with E-state index in [4.69, 9.17) is 11.6 Å². The molecule has 0 bridgehead atoms. The van der Waals surface area contributed by atoms with E-state index in [0.717, 1.165) is 11.6 Å². The average molecular weight is 256 g/mol. The van der Waals surface area contributed by atoms with Crippen LogP contribution in [-0.4, -0.2) is 10.3 Å². The van der Waals surface area contributed by atoms with Gasteiger partial charge in [-0.2, -0.15) is 0 Å². The Labute approximate surface area is 108 Å². The zero-order valence-electron chi connectivity index (χ0n) is 9.40. The summed E-state index contributed by atoms with van der Waals surface area (Å²) in [6, 6.07) is 8.69. The zero-order chi connectivity index (χ0) is 11.4. The Kier molecular flexibility index (Phi) is 4.56. The molecule has 3 heteroatoms. The molecule has 0 atom stereocenters. The van der Waals surface area contributed by atoms with Crippen molar-refractivity contribution >= 4 is 24.4 Å². The van der Waals surface area contributed by atoms with Crippen molar-refractivity contribution in [1.29, 1.82) is 0 Å². The number of halogens is 1. The second kappa shape index (κ2) is 5.95. The minimum Gasteiger partial charge on any atom is -0.246 e. The minimum atomic E-state index is 0.646. The molecule has 0 amide bonds. The Morgan fingerprint density at radius 2 is 1.75 bits per heavy atom. The van der Waals surface area contributed by atoms with Gasteiger partial charge in [0.15, 0.2) is 0 Å². The van der Waals surface area contributed by atoms with Crippen LogP contribution in [0.1, 0.15) is 37.7 Å². The fraction of sp³-hybridized carbons (Fsp3) is 0.538. The van der Waals surface area contributed by atoms with Gasteiger partial charge >= 0.3 is 0 Å². The van der Waals surface area contributed by atoms with Crippen LogP contribution in [0.15, 0.2) is 24.3 Å². The highest BCUT2D eigenvalue weighted by Gasteiger charge is 2.18. The van der Waals surface area contributed by atoms with Gasteiger partial charge in [0.05, 0.1) is 0 Å². The highest BCUT2D eigenvalue weighted by molar-refractivity contribution is 7.77. The first-order valence-electron chi connectivity index (χ1n) is 5.95. The smallest absolute Gasteiger partial charge is 0.0406 e. The fourth-order valence-corrected chi connectivity index (χ4v) is 2.81. The summed E-state index contributed by atoms with van der Waals surface area (Å²) in [5.41, 5.74) is 1.28. The molecule has 1 fully saturated rings. The van der Waals surface area contributed by atoms with Gasteiger partial charge in [0.25, 0.3) is 0 Å². The highest BCUT2D eigenvalue weighted by atomic mass is 35.5. The summed E-state index contributed by atoms with van der Waals surface area (Å²) in [7, 11) is 0. The van der Waals surface area contributed by atoms with Crippen molar-refractivity contribution < 1.29 is 0 Å². The predicted octanol–water partition coefficient (Wildman–Crippen LogP) is 4.32. The third-order valence-corrected chi connectivity index (χ3v) is 3.97. The van der Waals surface area contributed by atoms with Crippen LogP contribution in [0.3, 0.4) is 0 Å². The summed E-state index contributed by atoms with van der Waals surface area (Å²) in [5.74, 6) is 0. The summed E-state index contributed by atoms with van der Waals surface area (Å²) in [5, 5.41) is 0.798. The van der Waals surface area contributed by atoms with Crippen LogP contribution in [0.5, 0.6) is 0 Å². The largest absolute Gasteiger partial charge is 0.246 e. The topological polar surface area (TPSA) is 3.24 Å². The molecule has 0 saturated heterocycles. The maximum atomic E-state index is 5.86. The van der Waals surface area contributed by atoms with Gasteiger partial charge in [0, 0.05) is 17.6 Å². The number of hydrogen-bond donors (Lipinski definition) is 1. The molecule has 1 saturated carbocycles. The van der Waals surface area contributed by atoms with Crippen molar-refractivity contribution in [3.05, 3.63) is 34.9 Å². The third kappa shape index (κ3) is 3.41. The average Bonchev–Trinajstić information content (AvgIpc) is 2.33. The lowest BCUT2D eigenvalue weighted by atomic mass is 9.95. The monoisotopic (exact) mass is 255 g/mol. The van der Waals surface area contributed by atoms with E-state index < -0.39 is 0 Å². The molecule has 1 aromatic rings. The van der Waals surface area contributed by atoms with Gasteiger partial charge in [-0.1, -0.05) is 55.8 Å². The van der Waals surface area contributed by atoms with Crippen LogP contribution >= 0.6 is 24.4 Å². The van der Waals surface area contributed by atoms with Crippen LogP contribution in [0.25, 0.3) is 0 Å². The molecule has 0 unspecified atom stereocenters. The summed E-state index contributed by atoms with van der Waals surface area (Å²) >= 11 is 10.5. The van der Waals surface area contributed by atoms with E-state index in [0.29, 0.717) is 6.04 Å². The first kappa shape index (κ1) is 12.3. The molecule has 0 aliphatic heterocycles. The van der Waals surface area contributed by atoms with Crippen molar-refractivity contribution in [3.8, 4) is 0 Å². The first-order chi connectivity index (χ1) is 7.75. The standard InChI is InChI=1S/C13H18ClNS/c14-12-8-6-11(7-9-12)10-15(16)13-4-2-1-3-5-13/h6-9,13,16H,1-5,10H2. The molecule has 0 N–H and O–H groups in total. The maximum Gasteiger partial charge on any atom is 0.0406 e. The van der Waals surface area contributed by atoms with Crippen molar-refractivity contribution in [2.24, 2.45) is 0 Å². The Bertz CT molecular complexity index is 319. The summed E-state index contributed by atoms with van der Waals surface area (Å²) < 4.78 is 2.18. The molecular formula is C13H18ClNS. The van der Waals surface area contributed by atoms with E-state index in [1.165, 1.54) is 37.7 Å². The highest BCUT2D eigenvalue weighted by Crippen LogP contribution is 2.25. The number of hydrogen-bond acceptors (Lipinski definition) is 2. The van der Waals surface area contributed by atoms with E-state index in [2.05, 4.69) is 29.3 Å². The molecule has 1 aliphatic carbocycles. The summed E-state index contributed by atoms with van der Waals surface area (Å²) in [6.07, 6.45) is 6.66. The van der Waals surface area contributed by atoms with Gasteiger partial charge in [-0.15, -0.1) is 0 Å². The fourth-order valence-electron chi connectivity index (χ4n) is 2.29. The predicted molar refractivity (Wildman–Crippen MR) is 72.9 cm³/mol. The van der Waals surface area contributed by atoms with Crippen molar-refractivity contribution in [1.82, 2.24) is 4.31 Å². The van der Waals surface area contributed by atoms with E-state index in [9.17, 15) is 0 Å². The van der Waals surface area contributed by atoms with Crippen molar-refractivity contribution in [3.63, 3.8) is 0 Å². The van der Waals surface area contributed by atoms with Gasteiger partial charge in [-0.3, -0.25) is 0 Å². The van der Waals surface area contributed by atoms with E-state index in [-0.39, 0.29) is 0 Å². The number of rotatable bonds is 3. The molecule has 16 heavy (non-hydrogen) atoms. The lowest BCUT2D eigenvalue weighted by molar-refractivity contribution is 0.270. The number of nitrogens with zero attached hydrogens (tertiary/aromatic N) is 1. The Hall–Kier alpha value is -0.180. The normalized spacial score (nSPS) is 17.9. The molecular weight excluding hydrogens is 238 g/mol. The molecule has 0 aromatic heterocycles. The molecule has 0 radical (unpaired) electrons. The van der Waals surface area contributed by atoms with Crippen LogP contribution < -0.4 is 0 Å². The minimum absolute atomic E-state index is 0.646. The molecule has 88 valence electrons. The first-order valence-corrected chi connectivity index (χ1v) is 6.73. The quantitative estimate of drug-likeness (QED) is 0.788. The lowest BCUT2D eigenvalue weighted by Gasteiger charge is -2.29. The zero-order valence-corrected chi connectivity index (χ0v) is 11.1. The van der Waals surface area contributed by atoms with Crippen LogP contribution in [-0.2, 0) is 6.54 Å². The maximum absolute atomic E-state index is 5.86. The van der Waals surface area contributed by atoms with Gasteiger partial charge in [-0.05, 0) is 30.5 Å². The lowest BCUT2D eigenvalue weighted by Crippen LogP contribution is -2.28. The number of thiol groups is 1. The van der Waals surface area contributed by atoms with Gasteiger partial charge in [0.2, 0.25) is 0 Å². The third-order valence-electron chi connectivity index (χ3n) is 3.25. The molecule has 1 nitrogen and oxygen atoms in total. The Balaban J connectivity index is 1.90. The van der Waals surface area contributed by atoms with E-state index >= 15 is 0 Å². The van der Waals surface area contributed by atoms with E-state index in [1.807, 2.05) is 12.1 Å². The van der Waals surface area contributed by atoms with Gasteiger partial charge in [0.1, 0.15) is 0 Å². The molecule has 0 spiro atoms. The van der Waals surface area contributed by atoms with Crippen molar-refractivity contribution in [2.45, 2.75) is 44.7 Å². The Morgan fingerprint density at radius 1 is 1.12 bits per heavy atom. The summed E-state index contributed by atoms with van der Waals surface area (Å²) in [6.45, 7) is 0.908. The second-order valence-electron chi connectivity index (χ2n) is 4.52. The second-order valence-corrected chi connectivity index (χ2v) is 5.47. The Morgan fingerprint density at radius 3 is 2.38 bits per heavy atom. The van der Waals surface area contributed by atoms with Crippen LogP contribution in [0.2, 0.25) is 5.02 Å². The van der Waals surface area contributed by atoms with Crippen LogP contribution in [0, 0.1) is 0 Å². The van der Waals surface area contributed by atoms with Crippen molar-refractivity contribution in [2.75, 3.05) is 0 Å². The molecule has 1 aliphatic rings. The SMILES string of the molecule is SN(Cc1ccc(Cl)cc1)C1CCCCC1. The molecule has 2 rings (SSSR count). The number of benzene rings is 1. The molecule has 1 aromatic carbocycles. The summed E-state index contributed by atoms with van der Waals surface area (Å²) in [4.78, 5) is 0. The van der Waals surface area contributed by atoms with Gasteiger partial charge in [-0.25, -0.2) is 4.31 Å². The van der Waals surface area contributed by atoms with Gasteiger partial charge < -0.3 is 0 Å². The van der Waals surface area contributed by atoms with Crippen LogP contribution in [0.4, 0.5) is 0 Å². The van der Waals surface area contributed by atoms with E-state index in [1.54, 1.807) is 0 Å². The molecule has 0 heterocycles.